The minimum absolute atomic E-state index is 0. The first-order valence-electron chi connectivity index (χ1n) is 17.8. The number of aromatic hydroxyl groups is 1. The lowest BCUT2D eigenvalue weighted by Crippen LogP contribution is -3.00. The van der Waals surface area contributed by atoms with Crippen molar-refractivity contribution in [3.8, 4) is 5.75 Å². The smallest absolute Gasteiger partial charge is 0.211 e. The van der Waals surface area contributed by atoms with Crippen LogP contribution in [-0.4, -0.2) is 118 Å². The summed E-state index contributed by atoms with van der Waals surface area (Å²) < 4.78 is 25.0. The Morgan fingerprint density at radius 1 is 0.918 bits per heavy atom. The van der Waals surface area contributed by atoms with Crippen LogP contribution in [0, 0.1) is 11.8 Å². The topological polar surface area (TPSA) is 139 Å². The first-order valence-corrected chi connectivity index (χ1v) is 17.8. The molecule has 0 unspecified atom stereocenters. The summed E-state index contributed by atoms with van der Waals surface area (Å²) in [6.45, 7) is 8.82. The zero-order valence-corrected chi connectivity index (χ0v) is 30.2. The zero-order valence-electron chi connectivity index (χ0n) is 28.6. The fraction of sp³-hybridized carbons (Fsp3) is 0.649. The van der Waals surface area contributed by atoms with E-state index in [0.717, 1.165) is 36.0 Å². The molecule has 2 bridgehead atoms. The van der Waals surface area contributed by atoms with Crippen LogP contribution in [-0.2, 0) is 29.3 Å². The molecule has 2 aromatic rings. The number of ether oxygens (including phenoxy) is 4. The van der Waals surface area contributed by atoms with Crippen LogP contribution < -0.4 is 27.6 Å². The number of carbonyl (C=O) groups excluding carboxylic acids is 1. The maximum atomic E-state index is 12.0. The van der Waals surface area contributed by atoms with Gasteiger partial charge in [0.15, 0.2) is 0 Å². The van der Waals surface area contributed by atoms with Gasteiger partial charge in [-0.15, -0.1) is 0 Å². The molecule has 3 saturated heterocycles. The SMILES string of the molecule is O=CNc1cc([C@@H](O)CNCCOCCOCCOCC[N+]23CCC(CC2)[C@@H](OC[C@@](O)(c2ccccc2)C2CCCC2)C3)ccc1O.[Br-]. The number of hydrogen-bond donors (Lipinski definition) is 5. The van der Waals surface area contributed by atoms with Gasteiger partial charge in [0, 0.05) is 31.8 Å². The summed E-state index contributed by atoms with van der Waals surface area (Å²) in [5, 5.41) is 37.6. The van der Waals surface area contributed by atoms with Crippen LogP contribution in [0.3, 0.4) is 0 Å². The number of phenolic OH excluding ortho intramolecular Hbond substituents is 1. The van der Waals surface area contributed by atoms with Crippen molar-refractivity contribution in [1.29, 1.82) is 0 Å². The monoisotopic (exact) mass is 749 g/mol. The number of aliphatic hydroxyl groups excluding tert-OH is 1. The number of nitrogens with zero attached hydrogens (tertiary/aromatic N) is 1. The van der Waals surface area contributed by atoms with E-state index in [1.165, 1.54) is 44.8 Å². The van der Waals surface area contributed by atoms with Crippen LogP contribution >= 0.6 is 0 Å². The number of hydrogen-bond acceptors (Lipinski definition) is 9. The standard InChI is InChI=1S/C37H55N3O8.BrH/c41-28-39-33-24-30(10-11-34(33)42)35(43)25-38-14-18-45-20-22-47-23-21-46-19-17-40-15-12-29(13-16-40)36(26-40)48-27-37(44,32-8-4-5-9-32)31-6-2-1-3-7-31;/h1-3,6-7,10-11,24,28-29,32,35-36,38,43-44H,4-5,8-9,12-23,25-27H2,(H-,39,41,42);1H/t29?,35-,36-,37+,40?;/m0./s1. The first-order chi connectivity index (χ1) is 23.4. The minimum Gasteiger partial charge on any atom is -1.00 e. The van der Waals surface area contributed by atoms with Crippen molar-refractivity contribution in [1.82, 2.24) is 5.32 Å². The molecule has 2 aromatic carbocycles. The van der Waals surface area contributed by atoms with E-state index >= 15 is 0 Å². The molecule has 0 radical (unpaired) electrons. The zero-order chi connectivity index (χ0) is 33.7. The van der Waals surface area contributed by atoms with Gasteiger partial charge in [0.1, 0.15) is 30.5 Å². The van der Waals surface area contributed by atoms with Gasteiger partial charge in [-0.2, -0.15) is 0 Å². The predicted molar refractivity (Wildman–Crippen MR) is 183 cm³/mol. The van der Waals surface area contributed by atoms with Gasteiger partial charge in [0.25, 0.3) is 0 Å². The van der Waals surface area contributed by atoms with E-state index in [-0.39, 0.29) is 40.4 Å². The molecule has 3 atom stereocenters. The molecule has 49 heavy (non-hydrogen) atoms. The maximum absolute atomic E-state index is 12.0. The lowest BCUT2D eigenvalue weighted by atomic mass is 9.80. The molecule has 3 heterocycles. The van der Waals surface area contributed by atoms with Crippen LogP contribution in [0.15, 0.2) is 48.5 Å². The Morgan fingerprint density at radius 3 is 2.29 bits per heavy atom. The van der Waals surface area contributed by atoms with Gasteiger partial charge < -0.3 is 66.4 Å². The molecular weight excluding hydrogens is 694 g/mol. The van der Waals surface area contributed by atoms with E-state index in [4.69, 9.17) is 18.9 Å². The second-order valence-corrected chi connectivity index (χ2v) is 13.7. The summed E-state index contributed by atoms with van der Waals surface area (Å²) in [4.78, 5) is 10.7. The van der Waals surface area contributed by atoms with E-state index in [2.05, 4.69) is 22.8 Å². The van der Waals surface area contributed by atoms with Crippen LogP contribution in [0.1, 0.15) is 55.8 Å². The average molecular weight is 751 g/mol. The highest BCUT2D eigenvalue weighted by atomic mass is 79.9. The Morgan fingerprint density at radius 2 is 1.59 bits per heavy atom. The molecule has 5 N–H and O–H groups in total. The highest BCUT2D eigenvalue weighted by molar-refractivity contribution is 5.75. The van der Waals surface area contributed by atoms with Gasteiger partial charge in [-0.1, -0.05) is 49.2 Å². The molecule has 1 saturated carbocycles. The van der Waals surface area contributed by atoms with Gasteiger partial charge >= 0.3 is 0 Å². The number of phenols is 1. The van der Waals surface area contributed by atoms with Crippen LogP contribution in [0.4, 0.5) is 5.69 Å². The summed E-state index contributed by atoms with van der Waals surface area (Å²) >= 11 is 0. The van der Waals surface area contributed by atoms with Crippen LogP contribution in [0.5, 0.6) is 5.75 Å². The molecule has 0 spiro atoms. The Hall–Kier alpha value is -2.13. The molecule has 0 aromatic heterocycles. The number of aliphatic hydroxyl groups is 2. The Balaban J connectivity index is 0.00000541. The number of nitrogens with one attached hydrogen (secondary N) is 2. The largest absolute Gasteiger partial charge is 1.00 e. The molecule has 274 valence electrons. The van der Waals surface area contributed by atoms with Crippen molar-refractivity contribution in [3.05, 3.63) is 59.7 Å². The lowest BCUT2D eigenvalue weighted by Gasteiger charge is -2.52. The Bertz CT molecular complexity index is 1250. The normalized spacial score (nSPS) is 23.9. The quantitative estimate of drug-likeness (QED) is 0.0500. The molecule has 4 fully saturated rings. The third-order valence-corrected chi connectivity index (χ3v) is 10.7. The van der Waals surface area contributed by atoms with Crippen molar-refractivity contribution in [2.45, 2.75) is 56.3 Å². The summed E-state index contributed by atoms with van der Waals surface area (Å²) in [6, 6.07) is 14.8. The minimum atomic E-state index is -0.915. The number of carbonyl (C=O) groups is 1. The number of benzene rings is 2. The second-order valence-electron chi connectivity index (χ2n) is 13.7. The van der Waals surface area contributed by atoms with Crippen molar-refractivity contribution >= 4 is 12.1 Å². The Kier molecular flexibility index (Phi) is 16.2. The summed E-state index contributed by atoms with van der Waals surface area (Å²) in [5.74, 6) is 0.789. The summed E-state index contributed by atoms with van der Waals surface area (Å²) in [6.07, 6.45) is 6.74. The summed E-state index contributed by atoms with van der Waals surface area (Å²) in [5.41, 5.74) is 0.923. The molecular formula is C37H56BrN3O8. The first kappa shape index (κ1) is 39.7. The van der Waals surface area contributed by atoms with Gasteiger partial charge in [0.2, 0.25) is 6.41 Å². The van der Waals surface area contributed by atoms with Gasteiger partial charge in [-0.3, -0.25) is 4.79 Å². The Labute approximate surface area is 301 Å². The third-order valence-electron chi connectivity index (χ3n) is 10.7. The van der Waals surface area contributed by atoms with Gasteiger partial charge in [-0.25, -0.2) is 0 Å². The van der Waals surface area contributed by atoms with Crippen LogP contribution in [0.2, 0.25) is 0 Å². The van der Waals surface area contributed by atoms with E-state index in [1.54, 1.807) is 12.1 Å². The third kappa shape index (κ3) is 11.2. The van der Waals surface area contributed by atoms with Crippen molar-refractivity contribution in [3.63, 3.8) is 0 Å². The van der Waals surface area contributed by atoms with E-state index < -0.39 is 11.7 Å². The van der Waals surface area contributed by atoms with Crippen molar-refractivity contribution in [2.24, 2.45) is 11.8 Å². The lowest BCUT2D eigenvalue weighted by molar-refractivity contribution is -0.946. The van der Waals surface area contributed by atoms with E-state index in [1.807, 2.05) is 18.2 Å². The molecule has 1 aliphatic carbocycles. The number of amides is 1. The number of rotatable bonds is 22. The second kappa shape index (κ2) is 20.0. The van der Waals surface area contributed by atoms with Crippen molar-refractivity contribution < 1.29 is 60.5 Å². The highest BCUT2D eigenvalue weighted by Gasteiger charge is 2.48. The molecule has 6 rings (SSSR count). The molecule has 12 heteroatoms. The van der Waals surface area contributed by atoms with Gasteiger partial charge in [0.05, 0.1) is 71.1 Å². The average Bonchev–Trinajstić information content (AvgIpc) is 3.67. The molecule has 11 nitrogen and oxygen atoms in total. The molecule has 1 amide bonds. The molecule has 4 aliphatic rings. The van der Waals surface area contributed by atoms with Crippen molar-refractivity contribution in [2.75, 3.05) is 90.8 Å². The summed E-state index contributed by atoms with van der Waals surface area (Å²) in [7, 11) is 0. The fourth-order valence-corrected chi connectivity index (χ4v) is 7.77. The number of anilines is 1. The molecule has 3 aliphatic heterocycles. The number of fused-ring (bicyclic) bond motifs is 3. The van der Waals surface area contributed by atoms with Gasteiger partial charge in [-0.05, 0) is 42.0 Å². The number of halogens is 1. The predicted octanol–water partition coefficient (Wildman–Crippen LogP) is 0.341. The highest BCUT2D eigenvalue weighted by Crippen LogP contribution is 2.42. The maximum Gasteiger partial charge on any atom is 0.211 e. The van der Waals surface area contributed by atoms with E-state index in [0.29, 0.717) is 77.2 Å². The van der Waals surface area contributed by atoms with E-state index in [9.17, 15) is 20.1 Å². The fourth-order valence-electron chi connectivity index (χ4n) is 7.77. The number of quaternary nitrogens is 1. The van der Waals surface area contributed by atoms with Crippen LogP contribution in [0.25, 0.3) is 0 Å². The number of piperidine rings is 3.